The van der Waals surface area contributed by atoms with Crippen molar-refractivity contribution in [2.45, 2.75) is 25.3 Å². The van der Waals surface area contributed by atoms with Crippen LogP contribution in [0.3, 0.4) is 0 Å². The highest BCUT2D eigenvalue weighted by atomic mass is 15.1. The summed E-state index contributed by atoms with van der Waals surface area (Å²) in [5.74, 6) is 0.883. The van der Waals surface area contributed by atoms with Crippen LogP contribution in [0.5, 0.6) is 0 Å². The summed E-state index contributed by atoms with van der Waals surface area (Å²) in [7, 11) is 0. The maximum absolute atomic E-state index is 3.49. The fourth-order valence-electron chi connectivity index (χ4n) is 2.87. The zero-order chi connectivity index (χ0) is 8.67. The maximum atomic E-state index is 3.49. The molecule has 1 N–H and O–H groups in total. The van der Waals surface area contributed by atoms with Crippen LogP contribution in [0.1, 0.15) is 24.6 Å². The minimum absolute atomic E-state index is 0.792. The van der Waals surface area contributed by atoms with Crippen molar-refractivity contribution in [3.8, 4) is 0 Å². The van der Waals surface area contributed by atoms with Crippen molar-refractivity contribution in [1.29, 1.82) is 0 Å². The van der Waals surface area contributed by atoms with E-state index in [1.54, 1.807) is 5.69 Å². The highest BCUT2D eigenvalue weighted by Gasteiger charge is 2.30. The number of hydrogen-bond donors (Lipinski definition) is 1. The molecular weight excluding hydrogens is 160 g/mol. The average molecular weight is 176 g/mol. The third-order valence-electron chi connectivity index (χ3n) is 3.56. The van der Waals surface area contributed by atoms with E-state index < -0.39 is 0 Å². The summed E-state index contributed by atoms with van der Waals surface area (Å²) >= 11 is 0. The normalized spacial score (nSPS) is 32.3. The molecule has 1 aromatic heterocycles. The van der Waals surface area contributed by atoms with Gasteiger partial charge in [-0.25, -0.2) is 0 Å². The third kappa shape index (κ3) is 1.12. The Balaban J connectivity index is 1.97. The predicted molar refractivity (Wildman–Crippen MR) is 52.8 cm³/mol. The SMILES string of the molecule is c1cc2n(c1)C1CCNCC1CC2. The van der Waals surface area contributed by atoms with Gasteiger partial charge in [-0.15, -0.1) is 0 Å². The molecule has 2 aliphatic heterocycles. The van der Waals surface area contributed by atoms with Crippen LogP contribution >= 0.6 is 0 Å². The van der Waals surface area contributed by atoms with Gasteiger partial charge in [0.1, 0.15) is 0 Å². The van der Waals surface area contributed by atoms with Gasteiger partial charge in [-0.3, -0.25) is 0 Å². The molecular formula is C11H16N2. The van der Waals surface area contributed by atoms with Crippen molar-refractivity contribution in [2.24, 2.45) is 5.92 Å². The molecule has 2 aliphatic rings. The average Bonchev–Trinajstić information content (AvgIpc) is 2.65. The molecule has 1 aromatic rings. The first-order chi connectivity index (χ1) is 6.45. The Kier molecular flexibility index (Phi) is 1.69. The van der Waals surface area contributed by atoms with Gasteiger partial charge in [0.2, 0.25) is 0 Å². The Labute approximate surface area is 78.9 Å². The first-order valence-electron chi connectivity index (χ1n) is 5.31. The highest BCUT2D eigenvalue weighted by Crippen LogP contribution is 2.34. The molecule has 2 atom stereocenters. The zero-order valence-electron chi connectivity index (χ0n) is 7.87. The number of nitrogens with zero attached hydrogens (tertiary/aromatic N) is 1. The minimum atomic E-state index is 0.792. The number of nitrogens with one attached hydrogen (secondary N) is 1. The van der Waals surface area contributed by atoms with Crippen LogP contribution in [0, 0.1) is 5.92 Å². The fraction of sp³-hybridized carbons (Fsp3) is 0.636. The van der Waals surface area contributed by atoms with Crippen LogP contribution in [-0.2, 0) is 6.42 Å². The Hall–Kier alpha value is -0.760. The van der Waals surface area contributed by atoms with Crippen molar-refractivity contribution >= 4 is 0 Å². The topological polar surface area (TPSA) is 17.0 Å². The second kappa shape index (κ2) is 2.88. The van der Waals surface area contributed by atoms with Crippen molar-refractivity contribution in [3.05, 3.63) is 24.0 Å². The number of piperidine rings is 1. The smallest absolute Gasteiger partial charge is 0.0385 e. The van der Waals surface area contributed by atoms with E-state index in [1.807, 2.05) is 0 Å². The van der Waals surface area contributed by atoms with Gasteiger partial charge in [-0.2, -0.15) is 0 Å². The fourth-order valence-corrected chi connectivity index (χ4v) is 2.87. The van der Waals surface area contributed by atoms with Crippen LogP contribution in [0.25, 0.3) is 0 Å². The van der Waals surface area contributed by atoms with Crippen LogP contribution in [0.4, 0.5) is 0 Å². The summed E-state index contributed by atoms with van der Waals surface area (Å²) in [5, 5.41) is 3.49. The van der Waals surface area contributed by atoms with Crippen molar-refractivity contribution in [3.63, 3.8) is 0 Å². The second-order valence-electron chi connectivity index (χ2n) is 4.27. The Morgan fingerprint density at radius 2 is 2.38 bits per heavy atom. The second-order valence-corrected chi connectivity index (χ2v) is 4.27. The largest absolute Gasteiger partial charge is 0.348 e. The molecule has 2 unspecified atom stereocenters. The lowest BCUT2D eigenvalue weighted by Crippen LogP contribution is -2.40. The summed E-state index contributed by atoms with van der Waals surface area (Å²) < 4.78 is 2.51. The molecule has 3 heterocycles. The summed E-state index contributed by atoms with van der Waals surface area (Å²) in [5.41, 5.74) is 1.54. The summed E-state index contributed by atoms with van der Waals surface area (Å²) in [4.78, 5) is 0. The van der Waals surface area contributed by atoms with E-state index in [0.29, 0.717) is 0 Å². The van der Waals surface area contributed by atoms with E-state index in [2.05, 4.69) is 28.2 Å². The first kappa shape index (κ1) is 7.63. The van der Waals surface area contributed by atoms with Gasteiger partial charge < -0.3 is 9.88 Å². The Morgan fingerprint density at radius 1 is 1.38 bits per heavy atom. The summed E-state index contributed by atoms with van der Waals surface area (Å²) in [6.07, 6.45) is 6.22. The molecule has 0 saturated carbocycles. The Bertz CT molecular complexity index is 303. The quantitative estimate of drug-likeness (QED) is 0.635. The van der Waals surface area contributed by atoms with Crippen molar-refractivity contribution in [1.82, 2.24) is 9.88 Å². The van der Waals surface area contributed by atoms with Crippen LogP contribution in [0.2, 0.25) is 0 Å². The van der Waals surface area contributed by atoms with E-state index in [4.69, 9.17) is 0 Å². The molecule has 0 bridgehead atoms. The molecule has 0 aliphatic carbocycles. The van der Waals surface area contributed by atoms with Gasteiger partial charge in [-0.1, -0.05) is 0 Å². The van der Waals surface area contributed by atoms with Crippen molar-refractivity contribution < 1.29 is 0 Å². The molecule has 13 heavy (non-hydrogen) atoms. The number of hydrogen-bond acceptors (Lipinski definition) is 1. The lowest BCUT2D eigenvalue weighted by Gasteiger charge is -2.38. The standard InChI is InChI=1S/C11H16N2/c1-2-10-4-3-9-8-12-6-5-11(9)13(10)7-1/h1-2,7,9,11-12H,3-6,8H2. The van der Waals surface area contributed by atoms with Crippen LogP contribution in [0.15, 0.2) is 18.3 Å². The molecule has 0 spiro atoms. The third-order valence-corrected chi connectivity index (χ3v) is 3.56. The number of fused-ring (bicyclic) bond motifs is 3. The van der Waals surface area contributed by atoms with Crippen LogP contribution < -0.4 is 5.32 Å². The predicted octanol–water partition coefficient (Wildman–Crippen LogP) is 1.58. The molecule has 0 amide bonds. The number of aromatic nitrogens is 1. The molecule has 70 valence electrons. The van der Waals surface area contributed by atoms with E-state index in [-0.39, 0.29) is 0 Å². The molecule has 0 radical (unpaired) electrons. The van der Waals surface area contributed by atoms with Gasteiger partial charge in [0.05, 0.1) is 0 Å². The van der Waals surface area contributed by atoms with E-state index in [0.717, 1.165) is 12.0 Å². The number of aryl methyl sites for hydroxylation is 1. The van der Waals surface area contributed by atoms with E-state index in [1.165, 1.54) is 32.4 Å². The van der Waals surface area contributed by atoms with Crippen LogP contribution in [-0.4, -0.2) is 17.7 Å². The zero-order valence-corrected chi connectivity index (χ0v) is 7.87. The minimum Gasteiger partial charge on any atom is -0.348 e. The van der Waals surface area contributed by atoms with Gasteiger partial charge in [0.25, 0.3) is 0 Å². The summed E-state index contributed by atoms with van der Waals surface area (Å²) in [6.45, 7) is 2.42. The lowest BCUT2D eigenvalue weighted by atomic mass is 9.85. The monoisotopic (exact) mass is 176 g/mol. The highest BCUT2D eigenvalue weighted by molar-refractivity contribution is 5.12. The first-order valence-corrected chi connectivity index (χ1v) is 5.31. The van der Waals surface area contributed by atoms with Gasteiger partial charge >= 0.3 is 0 Å². The molecule has 2 nitrogen and oxygen atoms in total. The van der Waals surface area contributed by atoms with E-state index >= 15 is 0 Å². The van der Waals surface area contributed by atoms with Gasteiger partial charge in [0, 0.05) is 17.9 Å². The molecule has 0 aromatic carbocycles. The van der Waals surface area contributed by atoms with E-state index in [9.17, 15) is 0 Å². The molecule has 1 saturated heterocycles. The number of rotatable bonds is 0. The summed E-state index contributed by atoms with van der Waals surface area (Å²) in [6, 6.07) is 5.26. The van der Waals surface area contributed by atoms with Gasteiger partial charge in [0.15, 0.2) is 0 Å². The molecule has 2 heteroatoms. The Morgan fingerprint density at radius 3 is 3.38 bits per heavy atom. The lowest BCUT2D eigenvalue weighted by molar-refractivity contribution is 0.216. The van der Waals surface area contributed by atoms with Gasteiger partial charge in [-0.05, 0) is 50.4 Å². The van der Waals surface area contributed by atoms with Crippen molar-refractivity contribution in [2.75, 3.05) is 13.1 Å². The molecule has 3 rings (SSSR count). The molecule has 1 fully saturated rings. The maximum Gasteiger partial charge on any atom is 0.0385 e.